The zero-order valence-corrected chi connectivity index (χ0v) is 10.2. The fraction of sp³-hybridized carbons (Fsp3) is 1.00. The van der Waals surface area contributed by atoms with Crippen LogP contribution < -0.4 is 5.32 Å². The second-order valence-corrected chi connectivity index (χ2v) is 4.47. The molecule has 0 aliphatic carbocycles. The number of nitrogens with one attached hydrogen (secondary N) is 1. The van der Waals surface area contributed by atoms with Crippen LogP contribution in [-0.4, -0.2) is 24.8 Å². The normalized spacial score (nSPS) is 17.8. The molecule has 0 rings (SSSR count). The molecular weight excluding hydrogens is 174 g/mol. The minimum absolute atomic E-state index is 0.172. The molecule has 0 radical (unpaired) electrons. The van der Waals surface area contributed by atoms with E-state index in [0.717, 1.165) is 18.9 Å². The van der Waals surface area contributed by atoms with E-state index in [4.69, 9.17) is 0 Å². The average Bonchev–Trinajstić information content (AvgIpc) is 2.16. The highest BCUT2D eigenvalue weighted by molar-refractivity contribution is 4.67. The summed E-state index contributed by atoms with van der Waals surface area (Å²) < 4.78 is 0. The molecule has 0 aromatic carbocycles. The van der Waals surface area contributed by atoms with Crippen molar-refractivity contribution in [2.24, 2.45) is 11.8 Å². The van der Waals surface area contributed by atoms with Crippen LogP contribution in [0, 0.1) is 11.8 Å². The van der Waals surface area contributed by atoms with Gasteiger partial charge in [-0.3, -0.25) is 0 Å². The van der Waals surface area contributed by atoms with Gasteiger partial charge in [0.2, 0.25) is 0 Å². The van der Waals surface area contributed by atoms with Gasteiger partial charge in [0, 0.05) is 6.54 Å². The first-order valence-corrected chi connectivity index (χ1v) is 5.96. The van der Waals surface area contributed by atoms with Crippen molar-refractivity contribution in [2.75, 3.05) is 13.6 Å². The van der Waals surface area contributed by atoms with E-state index in [1.165, 1.54) is 19.3 Å². The van der Waals surface area contributed by atoms with Gasteiger partial charge < -0.3 is 10.4 Å². The van der Waals surface area contributed by atoms with Crippen LogP contribution in [0.4, 0.5) is 0 Å². The summed E-state index contributed by atoms with van der Waals surface area (Å²) in [5.41, 5.74) is 0. The summed E-state index contributed by atoms with van der Waals surface area (Å²) in [5.74, 6) is 1.48. The van der Waals surface area contributed by atoms with Gasteiger partial charge in [-0.1, -0.05) is 33.6 Å². The summed E-state index contributed by atoms with van der Waals surface area (Å²) in [6, 6.07) is 0. The Kier molecular flexibility index (Phi) is 8.20. The largest absolute Gasteiger partial charge is 0.392 e. The Balaban J connectivity index is 3.77. The fourth-order valence-corrected chi connectivity index (χ4v) is 1.87. The molecule has 0 bridgehead atoms. The van der Waals surface area contributed by atoms with Crippen LogP contribution in [0.2, 0.25) is 0 Å². The first-order chi connectivity index (χ1) is 6.63. The Bertz CT molecular complexity index is 127. The van der Waals surface area contributed by atoms with Gasteiger partial charge in [-0.25, -0.2) is 0 Å². The lowest BCUT2D eigenvalue weighted by Gasteiger charge is -2.21. The van der Waals surface area contributed by atoms with E-state index in [1.54, 1.807) is 0 Å². The molecule has 0 fully saturated rings. The Morgan fingerprint density at radius 1 is 1.14 bits per heavy atom. The number of rotatable bonds is 8. The van der Waals surface area contributed by atoms with Gasteiger partial charge in [0.1, 0.15) is 0 Å². The fourth-order valence-electron chi connectivity index (χ4n) is 1.87. The first kappa shape index (κ1) is 13.9. The second-order valence-electron chi connectivity index (χ2n) is 4.47. The topological polar surface area (TPSA) is 32.3 Å². The molecule has 2 N–H and O–H groups in total. The number of aliphatic hydroxyl groups excluding tert-OH is 1. The van der Waals surface area contributed by atoms with E-state index in [0.29, 0.717) is 5.92 Å². The third kappa shape index (κ3) is 6.39. The molecule has 2 nitrogen and oxygen atoms in total. The van der Waals surface area contributed by atoms with E-state index in [9.17, 15) is 5.11 Å². The van der Waals surface area contributed by atoms with Crippen LogP contribution in [-0.2, 0) is 0 Å². The molecule has 0 saturated carbocycles. The maximum absolute atomic E-state index is 9.67. The molecule has 3 unspecified atom stereocenters. The summed E-state index contributed by atoms with van der Waals surface area (Å²) in [6.45, 7) is 7.48. The lowest BCUT2D eigenvalue weighted by Crippen LogP contribution is -2.26. The number of likely N-dealkylation sites (N-methyl/N-ethyl adjacent to an activating group) is 1. The SMILES string of the molecule is CCC(C)CC(CC)CC(O)CNC. The Hall–Kier alpha value is -0.0800. The molecule has 0 aromatic rings. The maximum Gasteiger partial charge on any atom is 0.0667 e. The van der Waals surface area contributed by atoms with Crippen molar-refractivity contribution in [3.8, 4) is 0 Å². The van der Waals surface area contributed by atoms with E-state index < -0.39 is 0 Å². The van der Waals surface area contributed by atoms with Crippen LogP contribution >= 0.6 is 0 Å². The van der Waals surface area contributed by atoms with Gasteiger partial charge in [0.25, 0.3) is 0 Å². The van der Waals surface area contributed by atoms with Crippen LogP contribution in [0.15, 0.2) is 0 Å². The lowest BCUT2D eigenvalue weighted by molar-refractivity contribution is 0.133. The van der Waals surface area contributed by atoms with Crippen molar-refractivity contribution in [1.82, 2.24) is 5.32 Å². The second kappa shape index (κ2) is 8.25. The number of hydrogen-bond donors (Lipinski definition) is 2. The standard InChI is InChI=1S/C12H27NO/c1-5-10(3)7-11(6-2)8-12(14)9-13-4/h10-14H,5-9H2,1-4H3. The van der Waals surface area contributed by atoms with Gasteiger partial charge in [-0.15, -0.1) is 0 Å². The molecule has 3 atom stereocenters. The summed E-state index contributed by atoms with van der Waals surface area (Å²) in [5, 5.41) is 12.7. The van der Waals surface area contributed by atoms with Gasteiger partial charge in [0.05, 0.1) is 6.10 Å². The highest BCUT2D eigenvalue weighted by Crippen LogP contribution is 2.22. The van der Waals surface area contributed by atoms with E-state index in [-0.39, 0.29) is 6.10 Å². The summed E-state index contributed by atoms with van der Waals surface area (Å²) >= 11 is 0. The molecule has 0 amide bonds. The predicted octanol–water partition coefficient (Wildman–Crippen LogP) is 2.42. The van der Waals surface area contributed by atoms with Crippen molar-refractivity contribution < 1.29 is 5.11 Å². The number of hydrogen-bond acceptors (Lipinski definition) is 2. The van der Waals surface area contributed by atoms with Gasteiger partial charge in [-0.05, 0) is 31.7 Å². The maximum atomic E-state index is 9.67. The third-order valence-electron chi connectivity index (χ3n) is 3.06. The molecule has 14 heavy (non-hydrogen) atoms. The van der Waals surface area contributed by atoms with Crippen LogP contribution in [0.5, 0.6) is 0 Å². The summed E-state index contributed by atoms with van der Waals surface area (Å²) in [6.07, 6.45) is 4.47. The molecule has 0 heterocycles. The van der Waals surface area contributed by atoms with E-state index in [2.05, 4.69) is 26.1 Å². The highest BCUT2D eigenvalue weighted by atomic mass is 16.3. The molecule has 0 spiro atoms. The molecule has 0 saturated heterocycles. The number of aliphatic hydroxyl groups is 1. The quantitative estimate of drug-likeness (QED) is 0.632. The predicted molar refractivity (Wildman–Crippen MR) is 62.4 cm³/mol. The van der Waals surface area contributed by atoms with Gasteiger partial charge in [-0.2, -0.15) is 0 Å². The van der Waals surface area contributed by atoms with E-state index in [1.807, 2.05) is 7.05 Å². The summed E-state index contributed by atoms with van der Waals surface area (Å²) in [7, 11) is 1.89. The highest BCUT2D eigenvalue weighted by Gasteiger charge is 2.14. The molecule has 86 valence electrons. The first-order valence-electron chi connectivity index (χ1n) is 5.96. The van der Waals surface area contributed by atoms with Crippen LogP contribution in [0.3, 0.4) is 0 Å². The zero-order valence-electron chi connectivity index (χ0n) is 10.2. The van der Waals surface area contributed by atoms with Gasteiger partial charge >= 0.3 is 0 Å². The third-order valence-corrected chi connectivity index (χ3v) is 3.06. The lowest BCUT2D eigenvalue weighted by atomic mass is 9.88. The van der Waals surface area contributed by atoms with Gasteiger partial charge in [0.15, 0.2) is 0 Å². The molecular formula is C12H27NO. The average molecular weight is 201 g/mol. The van der Waals surface area contributed by atoms with Crippen molar-refractivity contribution in [3.05, 3.63) is 0 Å². The van der Waals surface area contributed by atoms with Crippen molar-refractivity contribution in [3.63, 3.8) is 0 Å². The monoisotopic (exact) mass is 201 g/mol. The summed E-state index contributed by atoms with van der Waals surface area (Å²) in [4.78, 5) is 0. The molecule has 0 aliphatic rings. The van der Waals surface area contributed by atoms with Crippen LogP contribution in [0.25, 0.3) is 0 Å². The van der Waals surface area contributed by atoms with Crippen molar-refractivity contribution >= 4 is 0 Å². The smallest absolute Gasteiger partial charge is 0.0667 e. The molecule has 0 aromatic heterocycles. The minimum Gasteiger partial charge on any atom is -0.392 e. The molecule has 2 heteroatoms. The van der Waals surface area contributed by atoms with E-state index >= 15 is 0 Å². The Morgan fingerprint density at radius 3 is 2.21 bits per heavy atom. The Labute approximate surface area is 89.1 Å². The van der Waals surface area contributed by atoms with Crippen LogP contribution in [0.1, 0.15) is 46.5 Å². The van der Waals surface area contributed by atoms with Crippen molar-refractivity contribution in [1.29, 1.82) is 0 Å². The zero-order chi connectivity index (χ0) is 11.0. The Morgan fingerprint density at radius 2 is 1.79 bits per heavy atom. The van der Waals surface area contributed by atoms with Crippen molar-refractivity contribution in [2.45, 2.75) is 52.6 Å². The minimum atomic E-state index is -0.172. The molecule has 0 aliphatic heterocycles.